The van der Waals surface area contributed by atoms with Crippen LogP contribution in [-0.4, -0.2) is 33.3 Å². The molecule has 1 aromatic heterocycles. The summed E-state index contributed by atoms with van der Waals surface area (Å²) < 4.78 is 2.08. The molecule has 0 amide bonds. The van der Waals surface area contributed by atoms with Crippen molar-refractivity contribution in [2.75, 3.05) is 6.54 Å². The Hall–Kier alpha value is -2.37. The van der Waals surface area contributed by atoms with Crippen molar-refractivity contribution in [2.24, 2.45) is 4.99 Å². The minimum atomic E-state index is 0.379. The molecule has 0 bridgehead atoms. The van der Waals surface area contributed by atoms with Crippen molar-refractivity contribution in [1.82, 2.24) is 25.4 Å². The Morgan fingerprint density at radius 3 is 2.80 bits per heavy atom. The third kappa shape index (κ3) is 5.89. The Balaban J connectivity index is 1.97. The maximum absolute atomic E-state index is 4.76. The molecule has 2 aromatic rings. The van der Waals surface area contributed by atoms with Crippen LogP contribution in [0.25, 0.3) is 0 Å². The Morgan fingerprint density at radius 1 is 1.28 bits per heavy atom. The van der Waals surface area contributed by atoms with Gasteiger partial charge in [0.15, 0.2) is 5.96 Å². The van der Waals surface area contributed by atoms with E-state index in [1.54, 1.807) is 6.33 Å². The Bertz CT molecular complexity index is 676. The van der Waals surface area contributed by atoms with Crippen molar-refractivity contribution < 1.29 is 0 Å². The molecule has 0 aliphatic carbocycles. The van der Waals surface area contributed by atoms with Crippen LogP contribution in [0.5, 0.6) is 0 Å². The fourth-order valence-corrected chi connectivity index (χ4v) is 2.47. The maximum Gasteiger partial charge on any atom is 0.191 e. The highest BCUT2D eigenvalue weighted by Gasteiger charge is 2.06. The fraction of sp³-hybridized carbons (Fsp3) is 0.526. The lowest BCUT2D eigenvalue weighted by Gasteiger charge is -2.17. The lowest BCUT2D eigenvalue weighted by molar-refractivity contribution is 0.599. The van der Waals surface area contributed by atoms with Gasteiger partial charge in [-0.1, -0.05) is 38.1 Å². The molecular formula is C19H30N6. The summed E-state index contributed by atoms with van der Waals surface area (Å²) in [5.74, 6) is 1.86. The minimum Gasteiger partial charge on any atom is -0.355 e. The van der Waals surface area contributed by atoms with E-state index in [-0.39, 0.29) is 0 Å². The van der Waals surface area contributed by atoms with Crippen LogP contribution >= 0.6 is 0 Å². The van der Waals surface area contributed by atoms with Gasteiger partial charge >= 0.3 is 0 Å². The van der Waals surface area contributed by atoms with E-state index in [9.17, 15) is 0 Å². The molecule has 0 fully saturated rings. The van der Waals surface area contributed by atoms with E-state index in [1.165, 1.54) is 11.1 Å². The molecule has 1 heterocycles. The molecule has 1 aromatic carbocycles. The largest absolute Gasteiger partial charge is 0.355 e. The predicted molar refractivity (Wildman–Crippen MR) is 103 cm³/mol. The number of guanidine groups is 1. The zero-order chi connectivity index (χ0) is 18.1. The second-order valence-corrected chi connectivity index (χ2v) is 6.27. The minimum absolute atomic E-state index is 0.379. The van der Waals surface area contributed by atoms with Crippen LogP contribution in [0.3, 0.4) is 0 Å². The SMILES string of the molecule is CCc1nncn1CCNC(=NCc1ccccc1C)NC(C)CC. The molecular weight excluding hydrogens is 312 g/mol. The van der Waals surface area contributed by atoms with Gasteiger partial charge in [0.2, 0.25) is 0 Å². The lowest BCUT2D eigenvalue weighted by Crippen LogP contribution is -2.43. The van der Waals surface area contributed by atoms with Gasteiger partial charge < -0.3 is 15.2 Å². The molecule has 6 heteroatoms. The zero-order valence-corrected chi connectivity index (χ0v) is 15.8. The number of aromatic nitrogens is 3. The Morgan fingerprint density at radius 2 is 2.08 bits per heavy atom. The summed E-state index contributed by atoms with van der Waals surface area (Å²) in [5, 5.41) is 15.0. The van der Waals surface area contributed by atoms with Gasteiger partial charge in [0.1, 0.15) is 12.2 Å². The summed E-state index contributed by atoms with van der Waals surface area (Å²) in [7, 11) is 0. The molecule has 0 aliphatic rings. The summed E-state index contributed by atoms with van der Waals surface area (Å²) in [6, 6.07) is 8.75. The normalized spacial score (nSPS) is 12.9. The van der Waals surface area contributed by atoms with Crippen molar-refractivity contribution >= 4 is 5.96 Å². The first-order valence-corrected chi connectivity index (χ1v) is 9.10. The predicted octanol–water partition coefficient (Wildman–Crippen LogP) is 2.68. The van der Waals surface area contributed by atoms with Crippen molar-refractivity contribution in [2.45, 2.75) is 59.7 Å². The molecule has 2 rings (SSSR count). The molecule has 0 saturated carbocycles. The fourth-order valence-electron chi connectivity index (χ4n) is 2.47. The summed E-state index contributed by atoms with van der Waals surface area (Å²) in [5.41, 5.74) is 2.52. The van der Waals surface area contributed by atoms with E-state index in [0.717, 1.165) is 37.7 Å². The van der Waals surface area contributed by atoms with Crippen LogP contribution < -0.4 is 10.6 Å². The number of aliphatic imine (C=N–C) groups is 1. The standard InChI is InChI=1S/C19H30N6/c1-5-16(4)23-19(21-13-17-10-8-7-9-15(17)3)20-11-12-25-14-22-24-18(25)6-2/h7-10,14,16H,5-6,11-13H2,1-4H3,(H2,20,21,23). The summed E-state index contributed by atoms with van der Waals surface area (Å²) >= 11 is 0. The number of rotatable bonds is 8. The topological polar surface area (TPSA) is 67.1 Å². The number of nitrogens with one attached hydrogen (secondary N) is 2. The average Bonchev–Trinajstić information content (AvgIpc) is 3.08. The second-order valence-electron chi connectivity index (χ2n) is 6.27. The van der Waals surface area contributed by atoms with Crippen molar-refractivity contribution in [3.05, 3.63) is 47.5 Å². The first-order valence-electron chi connectivity index (χ1n) is 9.10. The zero-order valence-electron chi connectivity index (χ0n) is 15.8. The highest BCUT2D eigenvalue weighted by Crippen LogP contribution is 2.08. The lowest BCUT2D eigenvalue weighted by atomic mass is 10.1. The quantitative estimate of drug-likeness (QED) is 0.572. The van der Waals surface area contributed by atoms with E-state index in [2.05, 4.69) is 77.4 Å². The summed E-state index contributed by atoms with van der Waals surface area (Å²) in [4.78, 5) is 4.76. The first kappa shape index (κ1) is 19.0. The average molecular weight is 342 g/mol. The van der Waals surface area contributed by atoms with Crippen molar-refractivity contribution in [1.29, 1.82) is 0 Å². The van der Waals surface area contributed by atoms with Crippen LogP contribution in [-0.2, 0) is 19.5 Å². The highest BCUT2D eigenvalue weighted by molar-refractivity contribution is 5.80. The third-order valence-corrected chi connectivity index (χ3v) is 4.32. The van der Waals surface area contributed by atoms with Gasteiger partial charge in [-0.2, -0.15) is 0 Å². The van der Waals surface area contributed by atoms with E-state index >= 15 is 0 Å². The molecule has 25 heavy (non-hydrogen) atoms. The van der Waals surface area contributed by atoms with Crippen LogP contribution in [0.15, 0.2) is 35.6 Å². The van der Waals surface area contributed by atoms with Crippen LogP contribution in [0.1, 0.15) is 44.1 Å². The Kier molecular flexibility index (Phi) is 7.44. The summed E-state index contributed by atoms with van der Waals surface area (Å²) in [6.07, 6.45) is 3.72. The molecule has 0 radical (unpaired) electrons. The van der Waals surface area contributed by atoms with Gasteiger partial charge in [-0.15, -0.1) is 10.2 Å². The number of hydrogen-bond acceptors (Lipinski definition) is 3. The highest BCUT2D eigenvalue weighted by atomic mass is 15.3. The molecule has 0 saturated heterocycles. The summed E-state index contributed by atoms with van der Waals surface area (Å²) in [6.45, 7) is 10.8. The number of nitrogens with zero attached hydrogens (tertiary/aromatic N) is 4. The third-order valence-electron chi connectivity index (χ3n) is 4.32. The van der Waals surface area contributed by atoms with Gasteiger partial charge in [0.05, 0.1) is 6.54 Å². The molecule has 2 N–H and O–H groups in total. The van der Waals surface area contributed by atoms with E-state index < -0.39 is 0 Å². The smallest absolute Gasteiger partial charge is 0.191 e. The monoisotopic (exact) mass is 342 g/mol. The second kappa shape index (κ2) is 9.81. The van der Waals surface area contributed by atoms with E-state index in [4.69, 9.17) is 4.99 Å². The molecule has 1 atom stereocenters. The van der Waals surface area contributed by atoms with Gasteiger partial charge in [-0.3, -0.25) is 0 Å². The molecule has 136 valence electrons. The van der Waals surface area contributed by atoms with Crippen LogP contribution in [0, 0.1) is 6.92 Å². The molecule has 0 spiro atoms. The number of aryl methyl sites for hydroxylation is 2. The van der Waals surface area contributed by atoms with Crippen molar-refractivity contribution in [3.63, 3.8) is 0 Å². The van der Waals surface area contributed by atoms with Crippen molar-refractivity contribution in [3.8, 4) is 0 Å². The molecule has 1 unspecified atom stereocenters. The first-order chi connectivity index (χ1) is 12.1. The number of hydrogen-bond donors (Lipinski definition) is 2. The molecule has 6 nitrogen and oxygen atoms in total. The number of benzene rings is 1. The van der Waals surface area contributed by atoms with Gasteiger partial charge in [0.25, 0.3) is 0 Å². The van der Waals surface area contributed by atoms with Gasteiger partial charge in [-0.25, -0.2) is 4.99 Å². The van der Waals surface area contributed by atoms with Crippen LogP contribution in [0.2, 0.25) is 0 Å². The van der Waals surface area contributed by atoms with E-state index in [0.29, 0.717) is 12.6 Å². The maximum atomic E-state index is 4.76. The van der Waals surface area contributed by atoms with Crippen LogP contribution in [0.4, 0.5) is 0 Å². The van der Waals surface area contributed by atoms with E-state index in [1.807, 2.05) is 0 Å². The molecule has 0 aliphatic heterocycles. The van der Waals surface area contributed by atoms with Gasteiger partial charge in [-0.05, 0) is 31.4 Å². The Labute approximate surface area is 150 Å². The van der Waals surface area contributed by atoms with Gasteiger partial charge in [0, 0.05) is 25.6 Å².